The van der Waals surface area contributed by atoms with Gasteiger partial charge in [0.2, 0.25) is 5.91 Å². The average molecular weight is 320 g/mol. The monoisotopic (exact) mass is 320 g/mol. The Morgan fingerprint density at radius 2 is 1.96 bits per heavy atom. The fraction of sp³-hybridized carbons (Fsp3) is 0.467. The molecule has 8 heteroatoms. The van der Waals surface area contributed by atoms with E-state index in [9.17, 15) is 9.59 Å². The van der Waals surface area contributed by atoms with Crippen LogP contribution in [0, 0.1) is 13.8 Å². The number of carbonyl (C=O) groups is 2. The van der Waals surface area contributed by atoms with Crippen molar-refractivity contribution in [2.45, 2.75) is 33.6 Å². The zero-order valence-corrected chi connectivity index (χ0v) is 13.8. The van der Waals surface area contributed by atoms with Crippen LogP contribution in [0.1, 0.15) is 47.3 Å². The number of carbonyl (C=O) groups excluding carboxylic acids is 2. The second-order valence-corrected chi connectivity index (χ2v) is 5.69. The van der Waals surface area contributed by atoms with Crippen LogP contribution in [0.3, 0.4) is 0 Å². The maximum Gasteiger partial charge on any atom is 0.259 e. The molecule has 2 heterocycles. The molecule has 0 bridgehead atoms. The first-order valence-electron chi connectivity index (χ1n) is 7.24. The number of nitrogens with one attached hydrogen (secondary N) is 1. The zero-order chi connectivity index (χ0) is 17.1. The minimum absolute atomic E-state index is 0.0236. The molecule has 2 aromatic rings. The third-order valence-corrected chi connectivity index (χ3v) is 3.25. The molecular weight excluding hydrogens is 300 g/mol. The predicted molar refractivity (Wildman–Crippen MR) is 82.2 cm³/mol. The number of amides is 2. The van der Waals surface area contributed by atoms with Crippen molar-refractivity contribution in [2.24, 2.45) is 0 Å². The maximum atomic E-state index is 12.6. The van der Waals surface area contributed by atoms with E-state index < -0.39 is 0 Å². The number of aromatic nitrogens is 2. The third kappa shape index (κ3) is 3.77. The van der Waals surface area contributed by atoms with E-state index in [0.717, 1.165) is 0 Å². The van der Waals surface area contributed by atoms with Crippen molar-refractivity contribution in [1.82, 2.24) is 15.2 Å². The SMILES string of the molecule is Cc1cc(NC(=O)CN(C)C(=O)c2c(C)noc2C(C)C)no1. The lowest BCUT2D eigenvalue weighted by Gasteiger charge is -2.16. The molecule has 0 radical (unpaired) electrons. The fourth-order valence-corrected chi connectivity index (χ4v) is 2.13. The number of hydrogen-bond acceptors (Lipinski definition) is 6. The van der Waals surface area contributed by atoms with Gasteiger partial charge in [0, 0.05) is 19.0 Å². The normalized spacial score (nSPS) is 10.9. The lowest BCUT2D eigenvalue weighted by Crippen LogP contribution is -2.35. The van der Waals surface area contributed by atoms with Crippen molar-refractivity contribution in [2.75, 3.05) is 18.9 Å². The van der Waals surface area contributed by atoms with E-state index in [1.54, 1.807) is 27.0 Å². The van der Waals surface area contributed by atoms with Crippen LogP contribution in [0.25, 0.3) is 0 Å². The number of aryl methyl sites for hydroxylation is 2. The number of likely N-dealkylation sites (N-methyl/N-ethyl adjacent to an activating group) is 1. The Morgan fingerprint density at radius 3 is 2.52 bits per heavy atom. The van der Waals surface area contributed by atoms with Crippen molar-refractivity contribution >= 4 is 17.6 Å². The van der Waals surface area contributed by atoms with E-state index in [1.165, 1.54) is 4.90 Å². The molecule has 0 saturated heterocycles. The first-order chi connectivity index (χ1) is 10.8. The van der Waals surface area contributed by atoms with Crippen LogP contribution >= 0.6 is 0 Å². The zero-order valence-electron chi connectivity index (χ0n) is 13.8. The third-order valence-electron chi connectivity index (χ3n) is 3.25. The summed E-state index contributed by atoms with van der Waals surface area (Å²) in [4.78, 5) is 25.9. The minimum Gasteiger partial charge on any atom is -0.360 e. The number of hydrogen-bond donors (Lipinski definition) is 1. The van der Waals surface area contributed by atoms with E-state index in [2.05, 4.69) is 15.6 Å². The highest BCUT2D eigenvalue weighted by molar-refractivity contribution is 6.00. The first kappa shape index (κ1) is 16.7. The second kappa shape index (κ2) is 6.64. The van der Waals surface area contributed by atoms with Gasteiger partial charge in [-0.2, -0.15) is 0 Å². The van der Waals surface area contributed by atoms with Gasteiger partial charge in [-0.25, -0.2) is 0 Å². The minimum atomic E-state index is -0.366. The summed E-state index contributed by atoms with van der Waals surface area (Å²) in [6.07, 6.45) is 0. The smallest absolute Gasteiger partial charge is 0.259 e. The van der Waals surface area contributed by atoms with Crippen LogP contribution in [0.2, 0.25) is 0 Å². The standard InChI is InChI=1S/C15H20N4O4/c1-8(2)14-13(10(4)17-23-14)15(21)19(5)7-12(20)16-11-6-9(3)22-18-11/h6,8H,7H2,1-5H3,(H,16,18,20). The molecule has 0 fully saturated rings. The van der Waals surface area contributed by atoms with Crippen LogP contribution in [-0.2, 0) is 4.79 Å². The average Bonchev–Trinajstić information content (AvgIpc) is 3.03. The van der Waals surface area contributed by atoms with E-state index in [1.807, 2.05) is 13.8 Å². The summed E-state index contributed by atoms with van der Waals surface area (Å²) >= 11 is 0. The molecule has 0 aromatic carbocycles. The maximum absolute atomic E-state index is 12.6. The highest BCUT2D eigenvalue weighted by atomic mass is 16.5. The topological polar surface area (TPSA) is 101 Å². The van der Waals surface area contributed by atoms with Gasteiger partial charge in [-0.05, 0) is 13.8 Å². The van der Waals surface area contributed by atoms with Crippen molar-refractivity contribution in [3.63, 3.8) is 0 Å². The first-order valence-corrected chi connectivity index (χ1v) is 7.24. The van der Waals surface area contributed by atoms with Gasteiger partial charge in [-0.1, -0.05) is 24.2 Å². The van der Waals surface area contributed by atoms with E-state index >= 15 is 0 Å². The van der Waals surface area contributed by atoms with Gasteiger partial charge in [0.25, 0.3) is 5.91 Å². The summed E-state index contributed by atoms with van der Waals surface area (Å²) in [6.45, 7) is 7.13. The summed E-state index contributed by atoms with van der Waals surface area (Å²) < 4.78 is 10.1. The molecular formula is C15H20N4O4. The molecule has 0 atom stereocenters. The lowest BCUT2D eigenvalue weighted by atomic mass is 10.0. The Kier molecular flexibility index (Phi) is 4.83. The molecule has 23 heavy (non-hydrogen) atoms. The highest BCUT2D eigenvalue weighted by Crippen LogP contribution is 2.23. The van der Waals surface area contributed by atoms with Gasteiger partial charge in [-0.3, -0.25) is 9.59 Å². The molecule has 0 spiro atoms. The summed E-state index contributed by atoms with van der Waals surface area (Å²) in [6, 6.07) is 1.60. The van der Waals surface area contributed by atoms with Crippen LogP contribution in [0.15, 0.2) is 15.1 Å². The Hall–Kier alpha value is -2.64. The van der Waals surface area contributed by atoms with E-state index in [0.29, 0.717) is 28.6 Å². The lowest BCUT2D eigenvalue weighted by molar-refractivity contribution is -0.116. The van der Waals surface area contributed by atoms with Crippen LogP contribution in [0.4, 0.5) is 5.82 Å². The molecule has 124 valence electrons. The quantitative estimate of drug-likeness (QED) is 0.905. The van der Waals surface area contributed by atoms with E-state index in [4.69, 9.17) is 9.05 Å². The van der Waals surface area contributed by atoms with Gasteiger partial charge in [0.1, 0.15) is 11.3 Å². The number of anilines is 1. The Labute approximate surface area is 133 Å². The van der Waals surface area contributed by atoms with Gasteiger partial charge in [0.05, 0.1) is 12.2 Å². The van der Waals surface area contributed by atoms with Gasteiger partial charge in [-0.15, -0.1) is 0 Å². The molecule has 0 aliphatic carbocycles. The molecule has 2 aromatic heterocycles. The fourth-order valence-electron chi connectivity index (χ4n) is 2.13. The molecule has 0 saturated carbocycles. The van der Waals surface area contributed by atoms with Gasteiger partial charge >= 0.3 is 0 Å². The molecule has 1 N–H and O–H groups in total. The predicted octanol–water partition coefficient (Wildman–Crippen LogP) is 2.11. The number of rotatable bonds is 5. The van der Waals surface area contributed by atoms with Crippen molar-refractivity contribution in [3.8, 4) is 0 Å². The number of nitrogens with zero attached hydrogens (tertiary/aromatic N) is 3. The highest BCUT2D eigenvalue weighted by Gasteiger charge is 2.26. The Balaban J connectivity index is 2.05. The molecule has 2 amide bonds. The van der Waals surface area contributed by atoms with Gasteiger partial charge < -0.3 is 19.3 Å². The Bertz CT molecular complexity index is 717. The summed E-state index contributed by atoms with van der Waals surface area (Å²) in [5.74, 6) is 0.777. The van der Waals surface area contributed by atoms with Crippen molar-refractivity contribution < 1.29 is 18.6 Å². The summed E-state index contributed by atoms with van der Waals surface area (Å²) in [5.41, 5.74) is 0.922. The Morgan fingerprint density at radius 1 is 1.26 bits per heavy atom. The van der Waals surface area contributed by atoms with Crippen LogP contribution < -0.4 is 5.32 Å². The molecule has 0 unspecified atom stereocenters. The summed E-state index contributed by atoms with van der Waals surface area (Å²) in [7, 11) is 1.55. The van der Waals surface area contributed by atoms with E-state index in [-0.39, 0.29) is 24.3 Å². The summed E-state index contributed by atoms with van der Waals surface area (Å²) in [5, 5.41) is 10.1. The van der Waals surface area contributed by atoms with Crippen LogP contribution in [-0.4, -0.2) is 40.6 Å². The van der Waals surface area contributed by atoms with Crippen molar-refractivity contribution in [3.05, 3.63) is 28.8 Å². The molecule has 8 nitrogen and oxygen atoms in total. The molecule has 2 rings (SSSR count). The van der Waals surface area contributed by atoms with Crippen LogP contribution in [0.5, 0.6) is 0 Å². The second-order valence-electron chi connectivity index (χ2n) is 5.69. The molecule has 0 aliphatic rings. The van der Waals surface area contributed by atoms with Gasteiger partial charge in [0.15, 0.2) is 11.6 Å². The largest absolute Gasteiger partial charge is 0.360 e. The molecule has 0 aliphatic heterocycles. The van der Waals surface area contributed by atoms with Crippen molar-refractivity contribution in [1.29, 1.82) is 0 Å².